The highest BCUT2D eigenvalue weighted by Crippen LogP contribution is 2.36. The van der Waals surface area contributed by atoms with Gasteiger partial charge in [-0.05, 0) is 32.1 Å². The van der Waals surface area contributed by atoms with Crippen molar-refractivity contribution in [2.45, 2.75) is 130 Å². The minimum Gasteiger partial charge on any atom is -0.481 e. The van der Waals surface area contributed by atoms with Gasteiger partial charge in [-0.2, -0.15) is 0 Å². The maximum absolute atomic E-state index is 12.1. The summed E-state index contributed by atoms with van der Waals surface area (Å²) in [6, 6.07) is 0. The van der Waals surface area contributed by atoms with E-state index < -0.39 is 17.4 Å². The van der Waals surface area contributed by atoms with Crippen molar-refractivity contribution in [3.8, 4) is 0 Å². The molecule has 3 atom stereocenters. The van der Waals surface area contributed by atoms with Gasteiger partial charge in [0.15, 0.2) is 0 Å². The standard InChI is InChI=1S/C25H48O4/c1-5-7-9-14-18-22(17-8-6-2)20-25(4,24(28)29)19-15-12-10-11-13-16-21(3)23(26)27/h21-22H,5-20H2,1-4H3,(H,26,27)(H,28,29). The molecular formula is C25H48O4. The average molecular weight is 413 g/mol. The second-order valence-electron chi connectivity index (χ2n) is 9.47. The molecule has 0 amide bonds. The molecule has 0 aliphatic carbocycles. The third-order valence-corrected chi connectivity index (χ3v) is 6.47. The van der Waals surface area contributed by atoms with E-state index in [0.29, 0.717) is 5.92 Å². The summed E-state index contributed by atoms with van der Waals surface area (Å²) in [6.45, 7) is 8.15. The summed E-state index contributed by atoms with van der Waals surface area (Å²) >= 11 is 0. The molecule has 0 heterocycles. The van der Waals surface area contributed by atoms with Gasteiger partial charge in [0, 0.05) is 0 Å². The van der Waals surface area contributed by atoms with E-state index in [1.807, 2.05) is 6.92 Å². The van der Waals surface area contributed by atoms with Crippen LogP contribution >= 0.6 is 0 Å². The number of aliphatic carboxylic acids is 2. The zero-order valence-corrected chi connectivity index (χ0v) is 19.7. The van der Waals surface area contributed by atoms with Crippen LogP contribution in [0.15, 0.2) is 0 Å². The van der Waals surface area contributed by atoms with Crippen molar-refractivity contribution in [2.75, 3.05) is 0 Å². The molecule has 0 spiro atoms. The number of carbonyl (C=O) groups is 2. The molecular weight excluding hydrogens is 364 g/mol. The molecule has 2 N–H and O–H groups in total. The predicted octanol–water partition coefficient (Wildman–Crippen LogP) is 7.70. The summed E-state index contributed by atoms with van der Waals surface area (Å²) < 4.78 is 0. The third-order valence-electron chi connectivity index (χ3n) is 6.47. The van der Waals surface area contributed by atoms with Gasteiger partial charge in [0.25, 0.3) is 0 Å². The minimum absolute atomic E-state index is 0.261. The largest absolute Gasteiger partial charge is 0.481 e. The number of rotatable bonds is 20. The van der Waals surface area contributed by atoms with E-state index in [9.17, 15) is 14.7 Å². The van der Waals surface area contributed by atoms with Gasteiger partial charge in [0.2, 0.25) is 0 Å². The Labute approximate surface area is 179 Å². The topological polar surface area (TPSA) is 74.6 Å². The molecule has 29 heavy (non-hydrogen) atoms. The molecule has 0 aliphatic heterocycles. The Morgan fingerprint density at radius 1 is 0.759 bits per heavy atom. The molecule has 0 radical (unpaired) electrons. The van der Waals surface area contributed by atoms with Crippen LogP contribution in [0, 0.1) is 17.3 Å². The highest BCUT2D eigenvalue weighted by molar-refractivity contribution is 5.74. The average Bonchev–Trinajstić information content (AvgIpc) is 2.67. The van der Waals surface area contributed by atoms with Crippen LogP contribution in [0.1, 0.15) is 130 Å². The summed E-state index contributed by atoms with van der Waals surface area (Å²) in [5.41, 5.74) is -0.610. The van der Waals surface area contributed by atoms with Crippen molar-refractivity contribution in [3.05, 3.63) is 0 Å². The van der Waals surface area contributed by atoms with Crippen LogP contribution in [0.3, 0.4) is 0 Å². The van der Waals surface area contributed by atoms with Crippen molar-refractivity contribution in [3.63, 3.8) is 0 Å². The quantitative estimate of drug-likeness (QED) is 0.201. The monoisotopic (exact) mass is 412 g/mol. The molecule has 0 rings (SSSR count). The third kappa shape index (κ3) is 13.7. The van der Waals surface area contributed by atoms with Crippen LogP contribution in [-0.2, 0) is 9.59 Å². The predicted molar refractivity (Wildman–Crippen MR) is 121 cm³/mol. The van der Waals surface area contributed by atoms with Crippen molar-refractivity contribution < 1.29 is 19.8 Å². The van der Waals surface area contributed by atoms with Crippen LogP contribution in [0.4, 0.5) is 0 Å². The molecule has 0 fully saturated rings. The Bertz CT molecular complexity index is 435. The van der Waals surface area contributed by atoms with Crippen LogP contribution in [0.25, 0.3) is 0 Å². The van der Waals surface area contributed by atoms with Gasteiger partial charge in [-0.15, -0.1) is 0 Å². The molecule has 0 bridgehead atoms. The van der Waals surface area contributed by atoms with Crippen LogP contribution in [-0.4, -0.2) is 22.2 Å². The fraction of sp³-hybridized carbons (Fsp3) is 0.920. The summed E-state index contributed by atoms with van der Waals surface area (Å²) in [4.78, 5) is 22.9. The number of unbranched alkanes of at least 4 members (excludes halogenated alkanes) is 8. The van der Waals surface area contributed by atoms with Gasteiger partial charge < -0.3 is 10.2 Å². The molecule has 4 heteroatoms. The van der Waals surface area contributed by atoms with Crippen molar-refractivity contribution in [2.24, 2.45) is 17.3 Å². The maximum atomic E-state index is 12.1. The summed E-state index contributed by atoms with van der Waals surface area (Å²) in [5, 5.41) is 18.8. The highest BCUT2D eigenvalue weighted by atomic mass is 16.4. The van der Waals surface area contributed by atoms with E-state index in [1.165, 1.54) is 44.9 Å². The van der Waals surface area contributed by atoms with Crippen molar-refractivity contribution >= 4 is 11.9 Å². The normalized spacial score (nSPS) is 15.6. The summed E-state index contributed by atoms with van der Waals surface area (Å²) in [5.74, 6) is -1.08. The van der Waals surface area contributed by atoms with E-state index in [2.05, 4.69) is 13.8 Å². The van der Waals surface area contributed by atoms with Gasteiger partial charge >= 0.3 is 11.9 Å². The second kappa shape index (κ2) is 16.7. The van der Waals surface area contributed by atoms with E-state index in [1.54, 1.807) is 6.92 Å². The molecule has 0 aromatic heterocycles. The Kier molecular flexibility index (Phi) is 16.1. The molecule has 172 valence electrons. The number of carboxylic acids is 2. The lowest BCUT2D eigenvalue weighted by Gasteiger charge is -2.30. The fourth-order valence-corrected chi connectivity index (χ4v) is 4.25. The Balaban J connectivity index is 4.37. The molecule has 0 saturated heterocycles. The lowest BCUT2D eigenvalue weighted by molar-refractivity contribution is -0.149. The highest BCUT2D eigenvalue weighted by Gasteiger charge is 2.34. The molecule has 0 saturated carbocycles. The van der Waals surface area contributed by atoms with Crippen molar-refractivity contribution in [1.82, 2.24) is 0 Å². The fourth-order valence-electron chi connectivity index (χ4n) is 4.25. The molecule has 0 aliphatic rings. The maximum Gasteiger partial charge on any atom is 0.309 e. The van der Waals surface area contributed by atoms with Crippen LogP contribution in [0.5, 0.6) is 0 Å². The van der Waals surface area contributed by atoms with E-state index in [4.69, 9.17) is 5.11 Å². The van der Waals surface area contributed by atoms with Gasteiger partial charge in [-0.1, -0.05) is 104 Å². The number of hydrogen-bond donors (Lipinski definition) is 2. The minimum atomic E-state index is -0.713. The lowest BCUT2D eigenvalue weighted by Crippen LogP contribution is -2.30. The Morgan fingerprint density at radius 3 is 1.86 bits per heavy atom. The van der Waals surface area contributed by atoms with Gasteiger partial charge in [0.05, 0.1) is 11.3 Å². The first kappa shape index (κ1) is 27.9. The second-order valence-corrected chi connectivity index (χ2v) is 9.47. The van der Waals surface area contributed by atoms with Crippen molar-refractivity contribution in [1.29, 1.82) is 0 Å². The van der Waals surface area contributed by atoms with Gasteiger partial charge in [-0.3, -0.25) is 9.59 Å². The zero-order chi connectivity index (χ0) is 22.1. The van der Waals surface area contributed by atoms with E-state index in [0.717, 1.165) is 57.8 Å². The summed E-state index contributed by atoms with van der Waals surface area (Å²) in [6.07, 6.45) is 17.1. The van der Waals surface area contributed by atoms with Crippen LogP contribution < -0.4 is 0 Å². The van der Waals surface area contributed by atoms with E-state index in [-0.39, 0.29) is 5.92 Å². The number of hydrogen-bond acceptors (Lipinski definition) is 2. The Hall–Kier alpha value is -1.06. The lowest BCUT2D eigenvalue weighted by atomic mass is 9.74. The van der Waals surface area contributed by atoms with E-state index >= 15 is 0 Å². The first-order valence-electron chi connectivity index (χ1n) is 12.2. The summed E-state index contributed by atoms with van der Waals surface area (Å²) in [7, 11) is 0. The zero-order valence-electron chi connectivity index (χ0n) is 19.7. The molecule has 3 unspecified atom stereocenters. The first-order chi connectivity index (χ1) is 13.8. The molecule has 4 nitrogen and oxygen atoms in total. The van der Waals surface area contributed by atoms with Crippen LogP contribution in [0.2, 0.25) is 0 Å². The van der Waals surface area contributed by atoms with Gasteiger partial charge in [-0.25, -0.2) is 0 Å². The number of carboxylic acid groups (broad SMARTS) is 2. The Morgan fingerprint density at radius 2 is 1.28 bits per heavy atom. The molecule has 0 aromatic carbocycles. The smallest absolute Gasteiger partial charge is 0.309 e. The van der Waals surface area contributed by atoms with Gasteiger partial charge in [0.1, 0.15) is 0 Å². The SMILES string of the molecule is CCCCCCC(CCCC)CC(C)(CCCCCCCC(C)C(=O)O)C(=O)O. The first-order valence-corrected chi connectivity index (χ1v) is 12.2. The molecule has 0 aromatic rings.